The number of hydrogen-bond acceptors (Lipinski definition) is 4. The van der Waals surface area contributed by atoms with Crippen LogP contribution >= 0.6 is 0 Å². The van der Waals surface area contributed by atoms with Crippen molar-refractivity contribution in [3.8, 4) is 0 Å². The topological polar surface area (TPSA) is 75.1 Å². The molecule has 2 N–H and O–H groups in total. The molecule has 0 atom stereocenters. The van der Waals surface area contributed by atoms with Crippen LogP contribution < -0.4 is 5.32 Å². The number of hydrogen-bond donors (Lipinski definition) is 2. The summed E-state index contributed by atoms with van der Waals surface area (Å²) in [6.07, 6.45) is 2.84. The van der Waals surface area contributed by atoms with Gasteiger partial charge in [-0.1, -0.05) is 42.5 Å². The number of carboxylic acids is 1. The van der Waals surface area contributed by atoms with E-state index in [1.807, 2.05) is 42.5 Å². The molecule has 0 aliphatic rings. The normalized spacial score (nSPS) is 10.5. The second-order valence-electron chi connectivity index (χ2n) is 4.55. The van der Waals surface area contributed by atoms with Crippen LogP contribution in [0.5, 0.6) is 0 Å². The summed E-state index contributed by atoms with van der Waals surface area (Å²) in [6, 6.07) is 14.1. The summed E-state index contributed by atoms with van der Waals surface area (Å²) in [7, 11) is 0. The molecule has 0 saturated carbocycles. The average Bonchev–Trinajstić information content (AvgIpc) is 2.53. The Hall–Kier alpha value is -2.95. The van der Waals surface area contributed by atoms with Gasteiger partial charge in [0.2, 0.25) is 0 Å². The van der Waals surface area contributed by atoms with Gasteiger partial charge in [-0.3, -0.25) is 0 Å². The highest BCUT2D eigenvalue weighted by atomic mass is 16.4. The lowest BCUT2D eigenvalue weighted by Gasteiger charge is -2.10. The van der Waals surface area contributed by atoms with Crippen LogP contribution in [0.2, 0.25) is 0 Å². The number of anilines is 1. The Morgan fingerprint density at radius 3 is 2.67 bits per heavy atom. The summed E-state index contributed by atoms with van der Waals surface area (Å²) in [5, 5.41) is 14.4. The molecule has 0 spiro atoms. The average molecular weight is 279 g/mol. The van der Waals surface area contributed by atoms with E-state index in [2.05, 4.69) is 15.3 Å². The predicted molar refractivity (Wildman–Crippen MR) is 80.3 cm³/mol. The summed E-state index contributed by atoms with van der Waals surface area (Å²) < 4.78 is 0. The van der Waals surface area contributed by atoms with Gasteiger partial charge in [0, 0.05) is 18.9 Å². The number of aromatic nitrogens is 2. The quantitative estimate of drug-likeness (QED) is 0.768. The van der Waals surface area contributed by atoms with Crippen LogP contribution in [0.4, 0.5) is 5.82 Å². The van der Waals surface area contributed by atoms with Gasteiger partial charge in [-0.2, -0.15) is 0 Å². The number of carboxylic acid groups (broad SMARTS) is 1. The standard InChI is InChI=1S/C16H13N3O2/c20-16(21)14-15(18-9-8-17-14)19-10-12-6-3-5-11-4-1-2-7-13(11)12/h1-9H,10H2,(H,18,19)(H,20,21). The molecular weight excluding hydrogens is 266 g/mol. The monoisotopic (exact) mass is 279 g/mol. The highest BCUT2D eigenvalue weighted by Crippen LogP contribution is 2.19. The minimum atomic E-state index is -1.09. The maximum atomic E-state index is 11.1. The molecule has 0 fully saturated rings. The van der Waals surface area contributed by atoms with Gasteiger partial charge in [-0.15, -0.1) is 0 Å². The van der Waals surface area contributed by atoms with Gasteiger partial charge < -0.3 is 10.4 Å². The second kappa shape index (κ2) is 5.58. The van der Waals surface area contributed by atoms with Crippen LogP contribution in [0, 0.1) is 0 Å². The molecule has 0 saturated heterocycles. The molecule has 21 heavy (non-hydrogen) atoms. The van der Waals surface area contributed by atoms with Crippen LogP contribution in [0.25, 0.3) is 10.8 Å². The van der Waals surface area contributed by atoms with Gasteiger partial charge in [0.15, 0.2) is 11.5 Å². The van der Waals surface area contributed by atoms with Gasteiger partial charge in [0.1, 0.15) is 0 Å². The summed E-state index contributed by atoms with van der Waals surface area (Å²) in [5.74, 6) is -0.818. The van der Waals surface area contributed by atoms with Gasteiger partial charge in [0.05, 0.1) is 0 Å². The van der Waals surface area contributed by atoms with Gasteiger partial charge in [-0.25, -0.2) is 14.8 Å². The van der Waals surface area contributed by atoms with Crippen LogP contribution in [0.15, 0.2) is 54.9 Å². The Labute approximate surface area is 121 Å². The van der Waals surface area contributed by atoms with Crippen molar-refractivity contribution >= 4 is 22.6 Å². The third-order valence-electron chi connectivity index (χ3n) is 3.23. The van der Waals surface area contributed by atoms with E-state index < -0.39 is 5.97 Å². The fraction of sp³-hybridized carbons (Fsp3) is 0.0625. The van der Waals surface area contributed by atoms with Crippen LogP contribution in [-0.2, 0) is 6.54 Å². The fourth-order valence-corrected chi connectivity index (χ4v) is 2.25. The maximum Gasteiger partial charge on any atom is 0.358 e. The second-order valence-corrected chi connectivity index (χ2v) is 4.55. The van der Waals surface area contributed by atoms with E-state index in [1.165, 1.54) is 12.4 Å². The lowest BCUT2D eigenvalue weighted by atomic mass is 10.0. The molecule has 1 aromatic heterocycles. The van der Waals surface area contributed by atoms with Crippen molar-refractivity contribution in [2.24, 2.45) is 0 Å². The summed E-state index contributed by atoms with van der Waals surface area (Å²) in [4.78, 5) is 19.0. The minimum absolute atomic E-state index is 0.0715. The van der Waals surface area contributed by atoms with Crippen LogP contribution in [0.1, 0.15) is 16.1 Å². The highest BCUT2D eigenvalue weighted by molar-refractivity contribution is 5.91. The van der Waals surface area contributed by atoms with Crippen LogP contribution in [-0.4, -0.2) is 21.0 Å². The molecule has 0 aliphatic carbocycles. The van der Waals surface area contributed by atoms with Crippen molar-refractivity contribution in [1.82, 2.24) is 9.97 Å². The molecule has 2 aromatic carbocycles. The third kappa shape index (κ3) is 2.67. The smallest absolute Gasteiger partial charge is 0.358 e. The molecule has 0 bridgehead atoms. The number of aromatic carboxylic acids is 1. The lowest BCUT2D eigenvalue weighted by molar-refractivity contribution is 0.0691. The van der Waals surface area contributed by atoms with Crippen molar-refractivity contribution in [2.75, 3.05) is 5.32 Å². The number of carbonyl (C=O) groups is 1. The Kier molecular flexibility index (Phi) is 3.47. The number of nitrogens with one attached hydrogen (secondary N) is 1. The molecule has 5 heteroatoms. The van der Waals surface area contributed by atoms with E-state index in [-0.39, 0.29) is 11.5 Å². The zero-order valence-corrected chi connectivity index (χ0v) is 11.2. The van der Waals surface area contributed by atoms with E-state index in [9.17, 15) is 4.79 Å². The van der Waals surface area contributed by atoms with E-state index in [0.29, 0.717) is 6.54 Å². The molecule has 0 aliphatic heterocycles. The minimum Gasteiger partial charge on any atom is -0.476 e. The largest absolute Gasteiger partial charge is 0.476 e. The van der Waals surface area contributed by atoms with Crippen molar-refractivity contribution < 1.29 is 9.90 Å². The summed E-state index contributed by atoms with van der Waals surface area (Å²) in [6.45, 7) is 0.486. The molecule has 0 amide bonds. The molecule has 0 unspecified atom stereocenters. The zero-order chi connectivity index (χ0) is 14.7. The summed E-state index contributed by atoms with van der Waals surface area (Å²) in [5.41, 5.74) is 1.01. The summed E-state index contributed by atoms with van der Waals surface area (Å²) >= 11 is 0. The zero-order valence-electron chi connectivity index (χ0n) is 11.2. The Morgan fingerprint density at radius 1 is 1.05 bits per heavy atom. The number of benzene rings is 2. The van der Waals surface area contributed by atoms with Crippen molar-refractivity contribution in [1.29, 1.82) is 0 Å². The van der Waals surface area contributed by atoms with Crippen molar-refractivity contribution in [2.45, 2.75) is 6.54 Å². The highest BCUT2D eigenvalue weighted by Gasteiger charge is 2.12. The molecule has 3 aromatic rings. The first-order valence-corrected chi connectivity index (χ1v) is 6.50. The Morgan fingerprint density at radius 2 is 1.81 bits per heavy atom. The molecule has 3 rings (SSSR count). The van der Waals surface area contributed by atoms with Gasteiger partial charge >= 0.3 is 5.97 Å². The Bertz CT molecular complexity index is 797. The van der Waals surface area contributed by atoms with E-state index in [0.717, 1.165) is 16.3 Å². The lowest BCUT2D eigenvalue weighted by Crippen LogP contribution is -2.10. The van der Waals surface area contributed by atoms with E-state index >= 15 is 0 Å². The molecular formula is C16H13N3O2. The SMILES string of the molecule is O=C(O)c1nccnc1NCc1cccc2ccccc12. The molecule has 104 valence electrons. The number of nitrogens with zero attached hydrogens (tertiary/aromatic N) is 2. The fourth-order valence-electron chi connectivity index (χ4n) is 2.25. The van der Waals surface area contributed by atoms with E-state index in [4.69, 9.17) is 5.11 Å². The van der Waals surface area contributed by atoms with Crippen molar-refractivity contribution in [3.63, 3.8) is 0 Å². The first-order chi connectivity index (χ1) is 10.3. The maximum absolute atomic E-state index is 11.1. The van der Waals surface area contributed by atoms with Crippen LogP contribution in [0.3, 0.4) is 0 Å². The first-order valence-electron chi connectivity index (χ1n) is 6.50. The first kappa shape index (κ1) is 13.1. The van der Waals surface area contributed by atoms with Gasteiger partial charge in [-0.05, 0) is 16.3 Å². The van der Waals surface area contributed by atoms with Crippen molar-refractivity contribution in [3.05, 3.63) is 66.1 Å². The predicted octanol–water partition coefficient (Wildman–Crippen LogP) is 2.94. The van der Waals surface area contributed by atoms with Gasteiger partial charge in [0.25, 0.3) is 0 Å². The third-order valence-corrected chi connectivity index (χ3v) is 3.23. The molecule has 0 radical (unpaired) electrons. The Balaban J connectivity index is 1.89. The molecule has 5 nitrogen and oxygen atoms in total. The molecule has 1 heterocycles. The number of rotatable bonds is 4. The van der Waals surface area contributed by atoms with E-state index in [1.54, 1.807) is 0 Å². The number of fused-ring (bicyclic) bond motifs is 1.